The van der Waals surface area contributed by atoms with E-state index in [-0.39, 0.29) is 11.3 Å². The maximum absolute atomic E-state index is 14.3. The predicted molar refractivity (Wildman–Crippen MR) is 117 cm³/mol. The summed E-state index contributed by atoms with van der Waals surface area (Å²) < 4.78 is 34.2. The number of morpholine rings is 1. The average Bonchev–Trinajstić information content (AvgIpc) is 2.78. The molecule has 2 heterocycles. The number of hydrogen-bond donors (Lipinski definition) is 1. The van der Waals surface area contributed by atoms with E-state index in [2.05, 4.69) is 10.2 Å². The third-order valence-electron chi connectivity index (χ3n) is 5.46. The van der Waals surface area contributed by atoms with Gasteiger partial charge in [0.1, 0.15) is 17.2 Å². The Labute approximate surface area is 184 Å². The fourth-order valence-corrected chi connectivity index (χ4v) is 3.73. The van der Waals surface area contributed by atoms with Gasteiger partial charge < -0.3 is 10.1 Å². The minimum Gasteiger partial charge on any atom is -0.379 e. The standard InChI is InChI=1S/C24H23F2N3O3/c1-16-8-9-29(21-14-18(25)6-7-19(21)26)24(31)22(16)23(30)27-20-5-3-2-4-17(20)15-28-10-12-32-13-11-28/h2-9,14H,10-13,15H2,1H3,(H,27,30). The van der Waals surface area contributed by atoms with Crippen molar-refractivity contribution in [2.75, 3.05) is 31.6 Å². The zero-order chi connectivity index (χ0) is 22.7. The molecule has 1 amide bonds. The van der Waals surface area contributed by atoms with Gasteiger partial charge in [-0.25, -0.2) is 8.78 Å². The van der Waals surface area contributed by atoms with E-state index in [4.69, 9.17) is 4.74 Å². The topological polar surface area (TPSA) is 63.6 Å². The molecule has 32 heavy (non-hydrogen) atoms. The van der Waals surface area contributed by atoms with E-state index in [1.165, 1.54) is 12.3 Å². The minimum absolute atomic E-state index is 0.127. The van der Waals surface area contributed by atoms with Crippen molar-refractivity contribution in [1.82, 2.24) is 9.47 Å². The summed E-state index contributed by atoms with van der Waals surface area (Å²) in [5, 5.41) is 2.82. The molecule has 1 aliphatic rings. The molecule has 3 aromatic rings. The largest absolute Gasteiger partial charge is 0.379 e. The average molecular weight is 439 g/mol. The number of rotatable bonds is 5. The second-order valence-corrected chi connectivity index (χ2v) is 7.64. The lowest BCUT2D eigenvalue weighted by Crippen LogP contribution is -2.36. The number of ether oxygens (including phenoxy) is 1. The van der Waals surface area contributed by atoms with Crippen LogP contribution < -0.4 is 10.9 Å². The highest BCUT2D eigenvalue weighted by molar-refractivity contribution is 6.05. The summed E-state index contributed by atoms with van der Waals surface area (Å²) >= 11 is 0. The zero-order valence-electron chi connectivity index (χ0n) is 17.6. The number of nitrogens with zero attached hydrogens (tertiary/aromatic N) is 2. The number of amides is 1. The number of hydrogen-bond acceptors (Lipinski definition) is 4. The van der Waals surface area contributed by atoms with Crippen molar-refractivity contribution in [2.24, 2.45) is 0 Å². The molecule has 166 valence electrons. The number of anilines is 1. The summed E-state index contributed by atoms with van der Waals surface area (Å²) in [4.78, 5) is 28.4. The molecule has 6 nitrogen and oxygen atoms in total. The maximum Gasteiger partial charge on any atom is 0.268 e. The van der Waals surface area contributed by atoms with Crippen LogP contribution in [0.5, 0.6) is 0 Å². The number of benzene rings is 2. The van der Waals surface area contributed by atoms with E-state index in [0.29, 0.717) is 31.0 Å². The highest BCUT2D eigenvalue weighted by Gasteiger charge is 2.20. The SMILES string of the molecule is Cc1ccn(-c2cc(F)ccc2F)c(=O)c1C(=O)Nc1ccccc1CN1CCOCC1. The van der Waals surface area contributed by atoms with Crippen molar-refractivity contribution in [3.05, 3.63) is 93.4 Å². The van der Waals surface area contributed by atoms with Gasteiger partial charge in [0.25, 0.3) is 11.5 Å². The third-order valence-corrected chi connectivity index (χ3v) is 5.46. The molecule has 1 aliphatic heterocycles. The van der Waals surface area contributed by atoms with Gasteiger partial charge in [-0.15, -0.1) is 0 Å². The van der Waals surface area contributed by atoms with Crippen LogP contribution in [0.15, 0.2) is 59.5 Å². The van der Waals surface area contributed by atoms with E-state index in [0.717, 1.165) is 41.4 Å². The number of carbonyl (C=O) groups is 1. The van der Waals surface area contributed by atoms with E-state index in [1.54, 1.807) is 19.1 Å². The Morgan fingerprint density at radius 3 is 2.62 bits per heavy atom. The molecule has 1 aromatic heterocycles. The Bertz CT molecular complexity index is 1200. The predicted octanol–water partition coefficient (Wildman–Crippen LogP) is 3.51. The number of carbonyl (C=O) groups excluding carboxylic acids is 1. The number of aryl methyl sites for hydroxylation is 1. The summed E-state index contributed by atoms with van der Waals surface area (Å²) in [6.07, 6.45) is 1.33. The van der Waals surface area contributed by atoms with Crippen LogP contribution in [-0.2, 0) is 11.3 Å². The Balaban J connectivity index is 1.65. The van der Waals surface area contributed by atoms with Crippen molar-refractivity contribution in [1.29, 1.82) is 0 Å². The first-order valence-electron chi connectivity index (χ1n) is 10.3. The monoisotopic (exact) mass is 439 g/mol. The minimum atomic E-state index is -0.764. The Morgan fingerprint density at radius 1 is 1.09 bits per heavy atom. The molecule has 2 aromatic carbocycles. The van der Waals surface area contributed by atoms with E-state index in [1.807, 2.05) is 12.1 Å². The highest BCUT2D eigenvalue weighted by atomic mass is 19.1. The first kappa shape index (κ1) is 21.9. The molecule has 8 heteroatoms. The highest BCUT2D eigenvalue weighted by Crippen LogP contribution is 2.20. The van der Waals surface area contributed by atoms with E-state index in [9.17, 15) is 18.4 Å². The maximum atomic E-state index is 14.3. The van der Waals surface area contributed by atoms with Crippen LogP contribution in [0.3, 0.4) is 0 Å². The zero-order valence-corrected chi connectivity index (χ0v) is 17.6. The van der Waals surface area contributed by atoms with Crippen molar-refractivity contribution in [3.63, 3.8) is 0 Å². The summed E-state index contributed by atoms with van der Waals surface area (Å²) in [5.74, 6) is -2.05. The Hall–Kier alpha value is -3.36. The van der Waals surface area contributed by atoms with Gasteiger partial charge in [0, 0.05) is 37.6 Å². The normalized spacial score (nSPS) is 14.3. The van der Waals surface area contributed by atoms with E-state index < -0.39 is 23.1 Å². The molecule has 0 saturated carbocycles. The fourth-order valence-electron chi connectivity index (χ4n) is 3.73. The lowest BCUT2D eigenvalue weighted by Gasteiger charge is -2.27. The van der Waals surface area contributed by atoms with Crippen LogP contribution in [0, 0.1) is 18.6 Å². The molecular formula is C24H23F2N3O3. The van der Waals surface area contributed by atoms with E-state index >= 15 is 0 Å². The van der Waals surface area contributed by atoms with Crippen LogP contribution in [0.2, 0.25) is 0 Å². The van der Waals surface area contributed by atoms with Gasteiger partial charge in [-0.1, -0.05) is 18.2 Å². The number of nitrogens with one attached hydrogen (secondary N) is 1. The van der Waals surface area contributed by atoms with Crippen molar-refractivity contribution in [2.45, 2.75) is 13.5 Å². The summed E-state index contributed by atoms with van der Waals surface area (Å²) in [5.41, 5.74) is 0.834. The molecule has 4 rings (SSSR count). The molecule has 0 aliphatic carbocycles. The summed E-state index contributed by atoms with van der Waals surface area (Å²) in [6, 6.07) is 11.7. The van der Waals surface area contributed by atoms with Crippen LogP contribution in [0.1, 0.15) is 21.5 Å². The fraction of sp³-hybridized carbons (Fsp3) is 0.250. The van der Waals surface area contributed by atoms with Gasteiger partial charge in [-0.05, 0) is 42.3 Å². The lowest BCUT2D eigenvalue weighted by atomic mass is 10.1. The molecule has 0 atom stereocenters. The Morgan fingerprint density at radius 2 is 1.84 bits per heavy atom. The summed E-state index contributed by atoms with van der Waals surface area (Å²) in [6.45, 7) is 5.17. The van der Waals surface area contributed by atoms with Gasteiger partial charge in [0.15, 0.2) is 0 Å². The number of pyridine rings is 1. The molecular weight excluding hydrogens is 416 g/mol. The van der Waals surface area contributed by atoms with Crippen LogP contribution in [0.25, 0.3) is 5.69 Å². The molecule has 1 N–H and O–H groups in total. The molecule has 0 spiro atoms. The van der Waals surface area contributed by atoms with Gasteiger partial charge in [-0.3, -0.25) is 19.1 Å². The van der Waals surface area contributed by atoms with Gasteiger partial charge in [0.05, 0.1) is 18.9 Å². The summed E-state index contributed by atoms with van der Waals surface area (Å²) in [7, 11) is 0. The number of halogens is 2. The van der Waals surface area contributed by atoms with Gasteiger partial charge in [-0.2, -0.15) is 0 Å². The quantitative estimate of drug-likeness (QED) is 0.661. The van der Waals surface area contributed by atoms with Crippen molar-refractivity contribution >= 4 is 11.6 Å². The van der Waals surface area contributed by atoms with Gasteiger partial charge >= 0.3 is 0 Å². The molecule has 0 bridgehead atoms. The molecule has 1 fully saturated rings. The third kappa shape index (κ3) is 4.61. The van der Waals surface area contributed by atoms with Crippen molar-refractivity contribution in [3.8, 4) is 5.69 Å². The van der Waals surface area contributed by atoms with Gasteiger partial charge in [0.2, 0.25) is 0 Å². The second kappa shape index (κ2) is 9.42. The first-order valence-corrected chi connectivity index (χ1v) is 10.3. The molecule has 1 saturated heterocycles. The second-order valence-electron chi connectivity index (χ2n) is 7.64. The molecule has 0 unspecified atom stereocenters. The van der Waals surface area contributed by atoms with Crippen molar-refractivity contribution < 1.29 is 18.3 Å². The number of para-hydroxylation sites is 1. The van der Waals surface area contributed by atoms with Crippen LogP contribution in [0.4, 0.5) is 14.5 Å². The Kier molecular flexibility index (Phi) is 6.43. The lowest BCUT2D eigenvalue weighted by molar-refractivity contribution is 0.0342. The first-order chi connectivity index (χ1) is 15.4. The van der Waals surface area contributed by atoms with Crippen LogP contribution in [-0.4, -0.2) is 41.7 Å². The number of aromatic nitrogens is 1. The van der Waals surface area contributed by atoms with Crippen LogP contribution >= 0.6 is 0 Å². The molecule has 0 radical (unpaired) electrons. The smallest absolute Gasteiger partial charge is 0.268 e.